The molecule has 0 bridgehead atoms. The number of methoxy groups -OCH3 is 1. The van der Waals surface area contributed by atoms with Crippen molar-refractivity contribution in [3.8, 4) is 5.75 Å². The Hall–Kier alpha value is -2.83. The first-order valence-corrected chi connectivity index (χ1v) is 8.23. The van der Waals surface area contributed by atoms with E-state index < -0.39 is 6.04 Å². The maximum atomic E-state index is 12.6. The van der Waals surface area contributed by atoms with Gasteiger partial charge < -0.3 is 10.1 Å². The van der Waals surface area contributed by atoms with Crippen LogP contribution in [0.5, 0.6) is 5.75 Å². The number of carbonyl (C=O) groups excluding carboxylic acids is 1. The topological polar surface area (TPSA) is 74.0 Å². The van der Waals surface area contributed by atoms with Crippen LogP contribution >= 0.6 is 0 Å². The molecular formula is C18H23N5O2. The highest BCUT2D eigenvalue weighted by atomic mass is 16.5. The number of carbonyl (C=O) groups is 1. The van der Waals surface area contributed by atoms with Crippen LogP contribution in [0.4, 0.5) is 0 Å². The summed E-state index contributed by atoms with van der Waals surface area (Å²) in [7, 11) is 3.50. The number of aryl methyl sites for hydroxylation is 2. The van der Waals surface area contributed by atoms with E-state index >= 15 is 0 Å². The lowest BCUT2D eigenvalue weighted by atomic mass is 10.1. The minimum atomic E-state index is -0.417. The van der Waals surface area contributed by atoms with Crippen molar-refractivity contribution in [1.82, 2.24) is 24.9 Å². The van der Waals surface area contributed by atoms with Gasteiger partial charge in [0.1, 0.15) is 22.8 Å². The zero-order valence-electron chi connectivity index (χ0n) is 15.1. The minimum absolute atomic E-state index is 0.0891. The molecule has 25 heavy (non-hydrogen) atoms. The summed E-state index contributed by atoms with van der Waals surface area (Å²) >= 11 is 0. The predicted octanol–water partition coefficient (Wildman–Crippen LogP) is 2.53. The fourth-order valence-corrected chi connectivity index (χ4v) is 2.85. The highest BCUT2D eigenvalue weighted by Crippen LogP contribution is 2.21. The highest BCUT2D eigenvalue weighted by molar-refractivity contribution is 5.82. The second-order valence-corrected chi connectivity index (χ2v) is 6.23. The van der Waals surface area contributed by atoms with Crippen LogP contribution in [0.2, 0.25) is 0 Å². The molecule has 3 aromatic rings. The van der Waals surface area contributed by atoms with Crippen LogP contribution in [0.3, 0.4) is 0 Å². The zero-order chi connectivity index (χ0) is 18.1. The number of hydrogen-bond acceptors (Lipinski definition) is 4. The van der Waals surface area contributed by atoms with E-state index in [1.165, 1.54) is 0 Å². The molecule has 132 valence electrons. The van der Waals surface area contributed by atoms with E-state index in [9.17, 15) is 4.79 Å². The second-order valence-electron chi connectivity index (χ2n) is 6.23. The minimum Gasteiger partial charge on any atom is -0.497 e. The molecule has 1 amide bonds. The van der Waals surface area contributed by atoms with Crippen molar-refractivity contribution in [1.29, 1.82) is 0 Å². The fourth-order valence-electron chi connectivity index (χ4n) is 2.85. The molecule has 7 heteroatoms. The third kappa shape index (κ3) is 3.22. The van der Waals surface area contributed by atoms with Gasteiger partial charge in [-0.05, 0) is 38.5 Å². The first-order valence-electron chi connectivity index (χ1n) is 8.23. The monoisotopic (exact) mass is 341 g/mol. The van der Waals surface area contributed by atoms with Gasteiger partial charge in [0.2, 0.25) is 5.91 Å². The van der Waals surface area contributed by atoms with Gasteiger partial charge in [0.05, 0.1) is 25.0 Å². The van der Waals surface area contributed by atoms with Gasteiger partial charge in [0.25, 0.3) is 0 Å². The third-order valence-corrected chi connectivity index (χ3v) is 4.43. The standard InChI is InChI=1S/C18H23N5O2/c1-11(14-7-6-8-15(9-14)25-5)19-18(24)13(3)23-10-16-17(21-23)12(2)20-22(16)4/h6-11,13H,1-5H3,(H,19,24)/t11-,13+/m0/s1. The molecule has 1 aromatic carbocycles. The Morgan fingerprint density at radius 2 is 2.04 bits per heavy atom. The van der Waals surface area contributed by atoms with Crippen molar-refractivity contribution in [3.05, 3.63) is 41.7 Å². The molecule has 0 aliphatic carbocycles. The van der Waals surface area contributed by atoms with E-state index in [2.05, 4.69) is 15.5 Å². The van der Waals surface area contributed by atoms with Gasteiger partial charge in [-0.1, -0.05) is 12.1 Å². The van der Waals surface area contributed by atoms with Crippen LogP contribution in [0, 0.1) is 6.92 Å². The summed E-state index contributed by atoms with van der Waals surface area (Å²) < 4.78 is 8.70. The molecular weight excluding hydrogens is 318 g/mol. The third-order valence-electron chi connectivity index (χ3n) is 4.43. The number of fused-ring (bicyclic) bond motifs is 1. The maximum Gasteiger partial charge on any atom is 0.245 e. The number of ether oxygens (including phenoxy) is 1. The SMILES string of the molecule is COc1cccc([C@H](C)NC(=O)[C@@H](C)n2cc3c(n2)c(C)nn3C)c1. The Morgan fingerprint density at radius 3 is 2.72 bits per heavy atom. The smallest absolute Gasteiger partial charge is 0.245 e. The highest BCUT2D eigenvalue weighted by Gasteiger charge is 2.21. The number of nitrogens with one attached hydrogen (secondary N) is 1. The van der Waals surface area contributed by atoms with Gasteiger partial charge in [0, 0.05) is 7.05 Å². The number of aromatic nitrogens is 4. The van der Waals surface area contributed by atoms with Crippen molar-refractivity contribution in [2.75, 3.05) is 7.11 Å². The molecule has 0 saturated heterocycles. The fraction of sp³-hybridized carbons (Fsp3) is 0.389. The lowest BCUT2D eigenvalue weighted by Gasteiger charge is -2.18. The molecule has 2 atom stereocenters. The van der Waals surface area contributed by atoms with Crippen molar-refractivity contribution in [2.45, 2.75) is 32.9 Å². The molecule has 0 unspecified atom stereocenters. The number of nitrogens with zero attached hydrogens (tertiary/aromatic N) is 4. The Balaban J connectivity index is 1.75. The average Bonchev–Trinajstić information content (AvgIpc) is 3.16. The molecule has 0 saturated carbocycles. The Bertz CT molecular complexity index is 877. The molecule has 1 N–H and O–H groups in total. The van der Waals surface area contributed by atoms with Crippen LogP contribution in [-0.2, 0) is 11.8 Å². The summed E-state index contributed by atoms with van der Waals surface area (Å²) in [5.41, 5.74) is 3.58. The summed E-state index contributed by atoms with van der Waals surface area (Å²) in [6.45, 7) is 5.70. The lowest BCUT2D eigenvalue weighted by Crippen LogP contribution is -2.33. The molecule has 0 spiro atoms. The Morgan fingerprint density at radius 1 is 1.28 bits per heavy atom. The van der Waals surface area contributed by atoms with E-state index in [1.54, 1.807) is 16.5 Å². The molecule has 7 nitrogen and oxygen atoms in total. The molecule has 0 aliphatic rings. The number of amides is 1. The summed E-state index contributed by atoms with van der Waals surface area (Å²) in [5.74, 6) is 0.682. The second kappa shape index (κ2) is 6.58. The van der Waals surface area contributed by atoms with E-state index in [1.807, 2.05) is 58.3 Å². The summed E-state index contributed by atoms with van der Waals surface area (Å²) in [6, 6.07) is 7.14. The van der Waals surface area contributed by atoms with Gasteiger partial charge in [-0.25, -0.2) is 0 Å². The quantitative estimate of drug-likeness (QED) is 0.774. The van der Waals surface area contributed by atoms with Crippen molar-refractivity contribution in [2.24, 2.45) is 7.05 Å². The summed E-state index contributed by atoms with van der Waals surface area (Å²) in [4.78, 5) is 12.6. The molecule has 0 aliphatic heterocycles. The normalized spacial score (nSPS) is 13.6. The van der Waals surface area contributed by atoms with E-state index in [0.29, 0.717) is 0 Å². The van der Waals surface area contributed by atoms with Crippen molar-refractivity contribution >= 4 is 16.9 Å². The van der Waals surface area contributed by atoms with Crippen LogP contribution in [0.25, 0.3) is 11.0 Å². The Kier molecular flexibility index (Phi) is 4.48. The molecule has 0 fully saturated rings. The van der Waals surface area contributed by atoms with Crippen LogP contribution in [-0.4, -0.2) is 32.6 Å². The lowest BCUT2D eigenvalue weighted by molar-refractivity contribution is -0.124. The van der Waals surface area contributed by atoms with Crippen molar-refractivity contribution in [3.63, 3.8) is 0 Å². The van der Waals surface area contributed by atoms with Gasteiger partial charge in [0.15, 0.2) is 0 Å². The van der Waals surface area contributed by atoms with E-state index in [0.717, 1.165) is 28.0 Å². The van der Waals surface area contributed by atoms with Gasteiger partial charge >= 0.3 is 0 Å². The summed E-state index contributed by atoms with van der Waals surface area (Å²) in [5, 5.41) is 11.9. The predicted molar refractivity (Wildman–Crippen MR) is 95.5 cm³/mol. The Labute approximate surface area is 146 Å². The van der Waals surface area contributed by atoms with Crippen LogP contribution in [0.15, 0.2) is 30.5 Å². The van der Waals surface area contributed by atoms with Crippen LogP contribution in [0.1, 0.15) is 37.2 Å². The molecule has 0 radical (unpaired) electrons. The van der Waals surface area contributed by atoms with Crippen molar-refractivity contribution < 1.29 is 9.53 Å². The largest absolute Gasteiger partial charge is 0.497 e. The van der Waals surface area contributed by atoms with Crippen LogP contribution < -0.4 is 10.1 Å². The molecule has 2 aromatic heterocycles. The first kappa shape index (κ1) is 17.0. The van der Waals surface area contributed by atoms with Gasteiger partial charge in [-0.3, -0.25) is 14.2 Å². The number of rotatable bonds is 5. The first-order chi connectivity index (χ1) is 11.9. The average molecular weight is 341 g/mol. The van der Waals surface area contributed by atoms with E-state index in [4.69, 9.17) is 4.74 Å². The van der Waals surface area contributed by atoms with E-state index in [-0.39, 0.29) is 11.9 Å². The maximum absolute atomic E-state index is 12.6. The zero-order valence-corrected chi connectivity index (χ0v) is 15.1. The van der Waals surface area contributed by atoms with Gasteiger partial charge in [-0.2, -0.15) is 10.2 Å². The molecule has 2 heterocycles. The number of benzene rings is 1. The number of hydrogen-bond donors (Lipinski definition) is 1. The molecule has 3 rings (SSSR count). The summed E-state index contributed by atoms with van der Waals surface area (Å²) in [6.07, 6.45) is 1.86. The van der Waals surface area contributed by atoms with Gasteiger partial charge in [-0.15, -0.1) is 0 Å².